The highest BCUT2D eigenvalue weighted by atomic mass is 19.4. The molecule has 2 rings (SSSR count). The summed E-state index contributed by atoms with van der Waals surface area (Å²) >= 11 is 0. The maximum Gasteiger partial charge on any atom is 0.416 e. The van der Waals surface area contributed by atoms with Crippen molar-refractivity contribution in [1.82, 2.24) is 5.32 Å². The van der Waals surface area contributed by atoms with Crippen LogP contribution in [0.3, 0.4) is 0 Å². The molecule has 8 heteroatoms. The van der Waals surface area contributed by atoms with Crippen molar-refractivity contribution in [1.29, 1.82) is 5.26 Å². The summed E-state index contributed by atoms with van der Waals surface area (Å²) in [5, 5.41) is 11.4. The Bertz CT molecular complexity index is 870. The summed E-state index contributed by atoms with van der Waals surface area (Å²) in [4.78, 5) is 24.2. The molecule has 0 fully saturated rings. The Morgan fingerprint density at radius 2 is 1.64 bits per heavy atom. The van der Waals surface area contributed by atoms with Crippen LogP contribution in [0.15, 0.2) is 48.5 Å². The van der Waals surface area contributed by atoms with E-state index >= 15 is 0 Å². The van der Waals surface area contributed by atoms with E-state index in [1.54, 1.807) is 24.3 Å². The second-order valence-corrected chi connectivity index (χ2v) is 6.03. The third-order valence-corrected chi connectivity index (χ3v) is 3.99. The largest absolute Gasteiger partial charge is 0.467 e. The SMILES string of the molecule is COC(=O)[C@@H](Cc1ccc(C#N)cc1)NC(=O)Cc1ccc(C(F)(F)F)cc1. The lowest BCUT2D eigenvalue weighted by atomic mass is 10.0. The zero-order valence-corrected chi connectivity index (χ0v) is 14.9. The molecular formula is C20H17F3N2O3. The van der Waals surface area contributed by atoms with Gasteiger partial charge in [-0.2, -0.15) is 18.4 Å². The number of carbonyl (C=O) groups is 2. The van der Waals surface area contributed by atoms with Crippen molar-refractivity contribution in [3.05, 3.63) is 70.8 Å². The number of esters is 1. The smallest absolute Gasteiger partial charge is 0.416 e. The van der Waals surface area contributed by atoms with E-state index < -0.39 is 29.7 Å². The highest BCUT2D eigenvalue weighted by Crippen LogP contribution is 2.29. The van der Waals surface area contributed by atoms with Gasteiger partial charge in [0.05, 0.1) is 30.7 Å². The Kier molecular flexibility index (Phi) is 6.77. The number of methoxy groups -OCH3 is 1. The number of halogens is 3. The number of rotatable bonds is 6. The molecule has 0 saturated carbocycles. The second kappa shape index (κ2) is 9.04. The van der Waals surface area contributed by atoms with Crippen LogP contribution in [0.5, 0.6) is 0 Å². The van der Waals surface area contributed by atoms with Gasteiger partial charge in [0.2, 0.25) is 5.91 Å². The second-order valence-electron chi connectivity index (χ2n) is 6.03. The number of benzene rings is 2. The predicted octanol–water partition coefficient (Wildman–Crippen LogP) is 3.02. The summed E-state index contributed by atoms with van der Waals surface area (Å²) in [5.41, 5.74) is 0.756. The van der Waals surface area contributed by atoms with Crippen LogP contribution in [-0.2, 0) is 33.3 Å². The number of carbonyl (C=O) groups excluding carboxylic acids is 2. The van der Waals surface area contributed by atoms with Gasteiger partial charge < -0.3 is 10.1 Å². The van der Waals surface area contributed by atoms with E-state index in [0.717, 1.165) is 12.1 Å². The molecule has 2 aromatic carbocycles. The molecule has 0 bridgehead atoms. The summed E-state index contributed by atoms with van der Waals surface area (Å²) in [7, 11) is 1.19. The van der Waals surface area contributed by atoms with Crippen LogP contribution < -0.4 is 5.32 Å². The average molecular weight is 390 g/mol. The fourth-order valence-corrected chi connectivity index (χ4v) is 2.53. The molecule has 1 amide bonds. The van der Waals surface area contributed by atoms with Crippen molar-refractivity contribution >= 4 is 11.9 Å². The minimum absolute atomic E-state index is 0.150. The fourth-order valence-electron chi connectivity index (χ4n) is 2.53. The molecule has 0 aliphatic rings. The van der Waals surface area contributed by atoms with Gasteiger partial charge in [-0.05, 0) is 35.4 Å². The summed E-state index contributed by atoms with van der Waals surface area (Å²) in [5.74, 6) is -1.17. The number of hydrogen-bond donors (Lipinski definition) is 1. The molecule has 1 atom stereocenters. The Morgan fingerprint density at radius 3 is 2.14 bits per heavy atom. The van der Waals surface area contributed by atoms with E-state index in [4.69, 9.17) is 10.00 Å². The van der Waals surface area contributed by atoms with Crippen LogP contribution in [0.2, 0.25) is 0 Å². The van der Waals surface area contributed by atoms with Crippen LogP contribution in [0, 0.1) is 11.3 Å². The van der Waals surface area contributed by atoms with Gasteiger partial charge in [0, 0.05) is 6.42 Å². The molecule has 28 heavy (non-hydrogen) atoms. The van der Waals surface area contributed by atoms with Gasteiger partial charge in [-0.3, -0.25) is 4.79 Å². The first-order valence-electron chi connectivity index (χ1n) is 8.25. The lowest BCUT2D eigenvalue weighted by Crippen LogP contribution is -2.43. The summed E-state index contributed by atoms with van der Waals surface area (Å²) in [6, 6.07) is 11.8. The van der Waals surface area contributed by atoms with E-state index in [-0.39, 0.29) is 12.8 Å². The molecule has 0 aliphatic carbocycles. The molecule has 5 nitrogen and oxygen atoms in total. The number of nitriles is 1. The van der Waals surface area contributed by atoms with Gasteiger partial charge in [0.15, 0.2) is 0 Å². The van der Waals surface area contributed by atoms with Crippen molar-refractivity contribution in [3.8, 4) is 6.07 Å². The van der Waals surface area contributed by atoms with Crippen molar-refractivity contribution < 1.29 is 27.5 Å². The first kappa shape index (κ1) is 21.0. The normalized spacial score (nSPS) is 12.0. The van der Waals surface area contributed by atoms with Gasteiger partial charge in [0.25, 0.3) is 0 Å². The molecule has 0 aliphatic heterocycles. The minimum Gasteiger partial charge on any atom is -0.467 e. The van der Waals surface area contributed by atoms with Crippen molar-refractivity contribution in [2.45, 2.75) is 25.1 Å². The van der Waals surface area contributed by atoms with Gasteiger partial charge in [-0.15, -0.1) is 0 Å². The maximum atomic E-state index is 12.6. The Balaban J connectivity index is 2.04. The number of hydrogen-bond acceptors (Lipinski definition) is 4. The standard InChI is InChI=1S/C20H17F3N2O3/c1-28-19(27)17(10-13-2-4-15(12-24)5-3-13)25-18(26)11-14-6-8-16(9-7-14)20(21,22)23/h2-9,17H,10-11H2,1H3,(H,25,26)/t17-/m1/s1. The Morgan fingerprint density at radius 1 is 1.07 bits per heavy atom. The molecular weight excluding hydrogens is 373 g/mol. The molecule has 0 aromatic heterocycles. The number of ether oxygens (including phenoxy) is 1. The van der Waals surface area contributed by atoms with Gasteiger partial charge in [0.1, 0.15) is 6.04 Å². The third-order valence-electron chi connectivity index (χ3n) is 3.99. The monoisotopic (exact) mass is 390 g/mol. The van der Waals surface area contributed by atoms with E-state index in [0.29, 0.717) is 16.7 Å². The van der Waals surface area contributed by atoms with Crippen molar-refractivity contribution in [2.75, 3.05) is 7.11 Å². The Hall–Kier alpha value is -3.34. The quantitative estimate of drug-likeness (QED) is 0.769. The van der Waals surface area contributed by atoms with E-state index in [1.807, 2.05) is 6.07 Å². The molecule has 146 valence electrons. The van der Waals surface area contributed by atoms with Crippen LogP contribution in [-0.4, -0.2) is 25.0 Å². The minimum atomic E-state index is -4.45. The molecule has 2 aromatic rings. The van der Waals surface area contributed by atoms with E-state index in [2.05, 4.69) is 5.32 Å². The van der Waals surface area contributed by atoms with Gasteiger partial charge >= 0.3 is 12.1 Å². The lowest BCUT2D eigenvalue weighted by molar-refractivity contribution is -0.145. The highest BCUT2D eigenvalue weighted by Gasteiger charge is 2.30. The lowest BCUT2D eigenvalue weighted by Gasteiger charge is -2.17. The summed E-state index contributed by atoms with van der Waals surface area (Å²) in [6.45, 7) is 0. The maximum absolute atomic E-state index is 12.6. The number of alkyl halides is 3. The predicted molar refractivity (Wildman–Crippen MR) is 94.0 cm³/mol. The average Bonchev–Trinajstić information content (AvgIpc) is 2.67. The van der Waals surface area contributed by atoms with Gasteiger partial charge in [-0.25, -0.2) is 4.79 Å². The van der Waals surface area contributed by atoms with Gasteiger partial charge in [-0.1, -0.05) is 24.3 Å². The van der Waals surface area contributed by atoms with Crippen molar-refractivity contribution in [3.63, 3.8) is 0 Å². The molecule has 0 saturated heterocycles. The summed E-state index contributed by atoms with van der Waals surface area (Å²) in [6.07, 6.45) is -4.48. The van der Waals surface area contributed by atoms with Crippen LogP contribution in [0.1, 0.15) is 22.3 Å². The molecule has 0 spiro atoms. The highest BCUT2D eigenvalue weighted by molar-refractivity contribution is 5.85. The molecule has 0 radical (unpaired) electrons. The van der Waals surface area contributed by atoms with Crippen LogP contribution in [0.25, 0.3) is 0 Å². The third kappa shape index (κ3) is 5.84. The van der Waals surface area contributed by atoms with Crippen LogP contribution in [0.4, 0.5) is 13.2 Å². The van der Waals surface area contributed by atoms with E-state index in [9.17, 15) is 22.8 Å². The molecule has 0 heterocycles. The molecule has 1 N–H and O–H groups in total. The molecule has 0 unspecified atom stereocenters. The Labute approximate surface area is 159 Å². The zero-order valence-electron chi connectivity index (χ0n) is 14.9. The topological polar surface area (TPSA) is 79.2 Å². The number of nitrogens with zero attached hydrogens (tertiary/aromatic N) is 1. The zero-order chi connectivity index (χ0) is 20.7. The van der Waals surface area contributed by atoms with E-state index in [1.165, 1.54) is 19.2 Å². The van der Waals surface area contributed by atoms with Crippen molar-refractivity contribution in [2.24, 2.45) is 0 Å². The fraction of sp³-hybridized carbons (Fsp3) is 0.250. The first-order valence-corrected chi connectivity index (χ1v) is 8.25. The van der Waals surface area contributed by atoms with Crippen LogP contribution >= 0.6 is 0 Å². The first-order chi connectivity index (χ1) is 13.2. The number of amides is 1. The number of nitrogens with one attached hydrogen (secondary N) is 1. The summed E-state index contributed by atoms with van der Waals surface area (Å²) < 4.78 is 42.5.